The van der Waals surface area contributed by atoms with Gasteiger partial charge in [-0.05, 0) is 51.8 Å². The number of ether oxygens (including phenoxy) is 1. The molecule has 0 aliphatic carbocycles. The highest BCUT2D eigenvalue weighted by Crippen LogP contribution is 2.39. The number of imidazole rings is 1. The number of amides is 1. The summed E-state index contributed by atoms with van der Waals surface area (Å²) in [6.45, 7) is 7.50. The Hall–Kier alpha value is -2.61. The Balaban J connectivity index is 2.07. The maximum absolute atomic E-state index is 13.2. The van der Waals surface area contributed by atoms with Gasteiger partial charge in [-0.2, -0.15) is 0 Å². The van der Waals surface area contributed by atoms with Crippen LogP contribution in [0.25, 0.3) is 11.0 Å². The van der Waals surface area contributed by atoms with Crippen LogP contribution in [0.3, 0.4) is 0 Å². The van der Waals surface area contributed by atoms with Crippen molar-refractivity contribution >= 4 is 23.1 Å². The molecule has 0 spiro atoms. The topological polar surface area (TPSA) is 122 Å². The maximum Gasteiger partial charge on any atom is 0.408 e. The lowest BCUT2D eigenvalue weighted by atomic mass is 9.76. The molecule has 2 heterocycles. The average molecular weight is 374 g/mol. The number of fused-ring (bicyclic) bond motifs is 1. The molecule has 1 amide bonds. The fraction of sp³-hybridized carbons (Fsp3) is 0.526. The van der Waals surface area contributed by atoms with Gasteiger partial charge in [-0.3, -0.25) is 9.69 Å². The number of nitrogens with zero attached hydrogens (tertiary/aromatic N) is 2. The molecule has 1 saturated heterocycles. The molecule has 2 unspecified atom stereocenters. The molecule has 1 aromatic heterocycles. The largest absolute Gasteiger partial charge is 0.465 e. The van der Waals surface area contributed by atoms with Crippen LogP contribution in [0.2, 0.25) is 0 Å². The second kappa shape index (κ2) is 6.53. The molecule has 1 fully saturated rings. The van der Waals surface area contributed by atoms with E-state index in [2.05, 4.69) is 9.97 Å². The van der Waals surface area contributed by atoms with Gasteiger partial charge in [0, 0.05) is 13.0 Å². The van der Waals surface area contributed by atoms with Gasteiger partial charge in [0.25, 0.3) is 0 Å². The second-order valence-corrected chi connectivity index (χ2v) is 8.19. The van der Waals surface area contributed by atoms with Crippen LogP contribution in [-0.2, 0) is 14.9 Å². The van der Waals surface area contributed by atoms with Crippen LogP contribution in [0.4, 0.5) is 4.79 Å². The fourth-order valence-electron chi connectivity index (χ4n) is 3.51. The van der Waals surface area contributed by atoms with E-state index < -0.39 is 29.2 Å². The van der Waals surface area contributed by atoms with Crippen LogP contribution in [0.5, 0.6) is 0 Å². The molecule has 3 rings (SSSR count). The third kappa shape index (κ3) is 3.62. The number of aryl methyl sites for hydroxylation is 1. The smallest absolute Gasteiger partial charge is 0.408 e. The van der Waals surface area contributed by atoms with Gasteiger partial charge in [0.2, 0.25) is 0 Å². The highest BCUT2D eigenvalue weighted by molar-refractivity contribution is 5.85. The summed E-state index contributed by atoms with van der Waals surface area (Å²) in [5.74, 6) is 0.0316. The number of piperidine rings is 1. The molecule has 1 aromatic carbocycles. The number of likely N-dealkylation sites (tertiary alicyclic amines) is 1. The summed E-state index contributed by atoms with van der Waals surface area (Å²) < 4.78 is 5.68. The van der Waals surface area contributed by atoms with Crippen molar-refractivity contribution in [3.63, 3.8) is 0 Å². The number of hydrogen-bond acceptors (Lipinski definition) is 5. The minimum Gasteiger partial charge on any atom is -0.465 e. The number of carbonyl (C=O) groups excluding carboxylic acids is 1. The van der Waals surface area contributed by atoms with Crippen LogP contribution < -0.4 is 5.73 Å². The summed E-state index contributed by atoms with van der Waals surface area (Å²) in [5.41, 5.74) is 6.94. The first-order valence-corrected chi connectivity index (χ1v) is 8.97. The normalized spacial score (nSPS) is 23.4. The second-order valence-electron chi connectivity index (χ2n) is 8.19. The number of nitrogens with one attached hydrogen (secondary N) is 1. The first-order valence-electron chi connectivity index (χ1n) is 8.97. The third-order valence-electron chi connectivity index (χ3n) is 4.86. The molecule has 1 aliphatic heterocycles. The monoisotopic (exact) mass is 374 g/mol. The van der Waals surface area contributed by atoms with Crippen molar-refractivity contribution in [1.82, 2.24) is 14.9 Å². The number of aromatic nitrogens is 2. The van der Waals surface area contributed by atoms with E-state index in [0.29, 0.717) is 5.82 Å². The zero-order valence-corrected chi connectivity index (χ0v) is 16.1. The highest BCUT2D eigenvalue weighted by atomic mass is 16.6. The molecule has 146 valence electrons. The highest BCUT2D eigenvalue weighted by Gasteiger charge is 2.51. The number of H-pyrrole nitrogens is 1. The Morgan fingerprint density at radius 2 is 2.11 bits per heavy atom. The summed E-state index contributed by atoms with van der Waals surface area (Å²) in [4.78, 5) is 33.6. The first-order chi connectivity index (χ1) is 12.5. The predicted molar refractivity (Wildman–Crippen MR) is 100 cm³/mol. The number of carbonyl (C=O) groups is 2. The van der Waals surface area contributed by atoms with Crippen molar-refractivity contribution in [2.24, 2.45) is 5.73 Å². The molecule has 0 radical (unpaired) electrons. The Kier molecular flexibility index (Phi) is 4.63. The minimum absolute atomic E-state index is 0.104. The molecular formula is C19H26N4O4. The summed E-state index contributed by atoms with van der Waals surface area (Å²) in [6.07, 6.45) is -1.56. The van der Waals surface area contributed by atoms with E-state index >= 15 is 0 Å². The quantitative estimate of drug-likeness (QED) is 0.694. The van der Waals surface area contributed by atoms with Crippen LogP contribution in [0.1, 0.15) is 45.0 Å². The van der Waals surface area contributed by atoms with Gasteiger partial charge < -0.3 is 20.6 Å². The summed E-state index contributed by atoms with van der Waals surface area (Å²) in [6, 6.07) is 5.80. The number of aromatic amines is 1. The minimum atomic E-state index is -1.12. The molecule has 4 N–H and O–H groups in total. The van der Waals surface area contributed by atoms with E-state index in [0.717, 1.165) is 21.5 Å². The van der Waals surface area contributed by atoms with Crippen molar-refractivity contribution in [3.8, 4) is 0 Å². The summed E-state index contributed by atoms with van der Waals surface area (Å²) in [7, 11) is 0. The maximum atomic E-state index is 13.2. The number of carboxylic acid groups (broad SMARTS) is 1. The molecule has 27 heavy (non-hydrogen) atoms. The summed E-state index contributed by atoms with van der Waals surface area (Å²) >= 11 is 0. The lowest BCUT2D eigenvalue weighted by molar-refractivity contribution is -0.165. The van der Waals surface area contributed by atoms with Crippen molar-refractivity contribution in [2.75, 3.05) is 6.54 Å². The van der Waals surface area contributed by atoms with Gasteiger partial charge in [0.15, 0.2) is 0 Å². The molecule has 0 bridgehead atoms. The van der Waals surface area contributed by atoms with Gasteiger partial charge >= 0.3 is 12.1 Å². The van der Waals surface area contributed by atoms with Gasteiger partial charge in [0.05, 0.1) is 17.2 Å². The number of nitrogens with two attached hydrogens (primary N) is 1. The van der Waals surface area contributed by atoms with Gasteiger partial charge in [-0.1, -0.05) is 6.07 Å². The van der Waals surface area contributed by atoms with Crippen molar-refractivity contribution in [3.05, 3.63) is 29.6 Å². The number of benzene rings is 1. The Labute approximate surface area is 157 Å². The van der Waals surface area contributed by atoms with Crippen molar-refractivity contribution in [2.45, 2.75) is 57.7 Å². The zero-order valence-electron chi connectivity index (χ0n) is 16.1. The third-order valence-corrected chi connectivity index (χ3v) is 4.86. The standard InChI is InChI=1S/C19H26N4O4/c1-11-5-6-12-13(9-11)22-15(21-12)19(16(24)27-18(2,3)4)7-8-23(17(25)26)14(20)10-19/h5-6,9,14H,7-8,10,20H2,1-4H3,(H,21,22)(H,25,26). The first kappa shape index (κ1) is 19.2. The molecule has 2 aromatic rings. The lowest BCUT2D eigenvalue weighted by Crippen LogP contribution is -2.58. The Bertz CT molecular complexity index is 885. The number of esters is 1. The van der Waals surface area contributed by atoms with E-state index in [1.165, 1.54) is 0 Å². The van der Waals surface area contributed by atoms with Gasteiger partial charge in [0.1, 0.15) is 16.8 Å². The van der Waals surface area contributed by atoms with Crippen LogP contribution in [0, 0.1) is 6.92 Å². The van der Waals surface area contributed by atoms with E-state index in [9.17, 15) is 14.7 Å². The van der Waals surface area contributed by atoms with E-state index in [-0.39, 0.29) is 19.4 Å². The van der Waals surface area contributed by atoms with Crippen LogP contribution in [-0.4, -0.2) is 50.3 Å². The Morgan fingerprint density at radius 3 is 2.70 bits per heavy atom. The van der Waals surface area contributed by atoms with Crippen LogP contribution in [0.15, 0.2) is 18.2 Å². The van der Waals surface area contributed by atoms with Gasteiger partial charge in [-0.15, -0.1) is 0 Å². The number of rotatable bonds is 2. The summed E-state index contributed by atoms with van der Waals surface area (Å²) in [5, 5.41) is 9.33. The lowest BCUT2D eigenvalue weighted by Gasteiger charge is -2.42. The molecule has 8 nitrogen and oxygen atoms in total. The molecule has 0 saturated carbocycles. The predicted octanol–water partition coefficient (Wildman–Crippen LogP) is 2.51. The molecule has 1 aliphatic rings. The zero-order chi connectivity index (χ0) is 20.0. The number of hydrogen-bond donors (Lipinski definition) is 3. The molecule has 8 heteroatoms. The fourth-order valence-corrected chi connectivity index (χ4v) is 3.51. The van der Waals surface area contributed by atoms with Crippen molar-refractivity contribution in [1.29, 1.82) is 0 Å². The average Bonchev–Trinajstić information content (AvgIpc) is 2.96. The van der Waals surface area contributed by atoms with E-state index in [4.69, 9.17) is 10.5 Å². The SMILES string of the molecule is Cc1ccc2nc(C3(C(=O)OC(C)(C)C)CCN(C(=O)O)C(N)C3)[nH]c2c1. The molecular weight excluding hydrogens is 348 g/mol. The molecule has 2 atom stereocenters. The van der Waals surface area contributed by atoms with E-state index in [1.807, 2.05) is 25.1 Å². The van der Waals surface area contributed by atoms with E-state index in [1.54, 1.807) is 20.8 Å². The van der Waals surface area contributed by atoms with Crippen LogP contribution >= 0.6 is 0 Å². The van der Waals surface area contributed by atoms with Crippen molar-refractivity contribution < 1.29 is 19.4 Å². The Morgan fingerprint density at radius 1 is 1.41 bits per heavy atom. The van der Waals surface area contributed by atoms with Gasteiger partial charge in [-0.25, -0.2) is 9.78 Å².